The molecule has 1 atom stereocenters. The number of carbonyl (C=O) groups excluding carboxylic acids is 2. The van der Waals surface area contributed by atoms with Crippen molar-refractivity contribution in [1.29, 1.82) is 0 Å². The standard InChI is InChI=1S/C30H29N7O2/c1-6-8-25(38)36(5)19(3)29-34-26(27-28(31)32-13-14-37(27)29)20-9-7-10-21(15-20)30(39)33-22-11-12-23-18(2)17-35(4)24(23)16-22/h7,9-17,19H,1-5H3,(H2,31,32)(H,33,39)/t19-/m0/s1. The Morgan fingerprint density at radius 1 is 1.18 bits per heavy atom. The Kier molecular flexibility index (Phi) is 6.54. The molecule has 3 N–H and O–H groups in total. The predicted molar refractivity (Wildman–Crippen MR) is 153 cm³/mol. The number of aryl methyl sites for hydroxylation is 2. The fourth-order valence-electron chi connectivity index (χ4n) is 4.80. The van der Waals surface area contributed by atoms with Crippen molar-refractivity contribution in [3.8, 4) is 23.1 Å². The van der Waals surface area contributed by atoms with Crippen LogP contribution >= 0.6 is 0 Å². The maximum absolute atomic E-state index is 13.3. The molecule has 0 radical (unpaired) electrons. The molecule has 196 valence electrons. The van der Waals surface area contributed by atoms with Gasteiger partial charge >= 0.3 is 0 Å². The molecule has 0 saturated carbocycles. The summed E-state index contributed by atoms with van der Waals surface area (Å²) >= 11 is 0. The normalized spacial score (nSPS) is 11.7. The zero-order valence-corrected chi connectivity index (χ0v) is 22.5. The van der Waals surface area contributed by atoms with Crippen molar-refractivity contribution in [2.45, 2.75) is 26.8 Å². The number of carbonyl (C=O) groups is 2. The summed E-state index contributed by atoms with van der Waals surface area (Å²) in [7, 11) is 3.67. The number of nitrogens with one attached hydrogen (secondary N) is 1. The van der Waals surface area contributed by atoms with Crippen molar-refractivity contribution in [2.24, 2.45) is 7.05 Å². The highest BCUT2D eigenvalue weighted by molar-refractivity contribution is 6.06. The average Bonchev–Trinajstić information content (AvgIpc) is 3.46. The molecule has 5 rings (SSSR count). The number of amides is 2. The zero-order chi connectivity index (χ0) is 27.8. The van der Waals surface area contributed by atoms with Gasteiger partial charge in [0.15, 0.2) is 0 Å². The van der Waals surface area contributed by atoms with E-state index in [1.165, 1.54) is 10.5 Å². The Balaban J connectivity index is 1.51. The van der Waals surface area contributed by atoms with Crippen LogP contribution in [0, 0.1) is 18.8 Å². The average molecular weight is 520 g/mol. The third kappa shape index (κ3) is 4.57. The van der Waals surface area contributed by atoms with E-state index in [4.69, 9.17) is 10.7 Å². The molecular weight excluding hydrogens is 490 g/mol. The number of nitrogen functional groups attached to an aromatic ring is 1. The van der Waals surface area contributed by atoms with Gasteiger partial charge in [0.05, 0.1) is 11.6 Å². The highest BCUT2D eigenvalue weighted by atomic mass is 16.2. The van der Waals surface area contributed by atoms with Crippen LogP contribution in [-0.2, 0) is 11.8 Å². The van der Waals surface area contributed by atoms with Crippen molar-refractivity contribution >= 4 is 39.7 Å². The van der Waals surface area contributed by atoms with Crippen LogP contribution in [0.1, 0.15) is 41.6 Å². The van der Waals surface area contributed by atoms with Crippen LogP contribution in [0.5, 0.6) is 0 Å². The van der Waals surface area contributed by atoms with Gasteiger partial charge in [-0.1, -0.05) is 24.1 Å². The summed E-state index contributed by atoms with van der Waals surface area (Å²) in [5, 5.41) is 4.15. The van der Waals surface area contributed by atoms with Crippen molar-refractivity contribution < 1.29 is 9.59 Å². The van der Waals surface area contributed by atoms with Crippen molar-refractivity contribution in [2.75, 3.05) is 18.1 Å². The van der Waals surface area contributed by atoms with Gasteiger partial charge in [-0.15, -0.1) is 0 Å². The Morgan fingerprint density at radius 3 is 2.74 bits per heavy atom. The largest absolute Gasteiger partial charge is 0.382 e. The second kappa shape index (κ2) is 9.99. The lowest BCUT2D eigenvalue weighted by atomic mass is 10.1. The van der Waals surface area contributed by atoms with Crippen LogP contribution in [0.2, 0.25) is 0 Å². The van der Waals surface area contributed by atoms with E-state index in [1.807, 2.05) is 47.2 Å². The van der Waals surface area contributed by atoms with Crippen LogP contribution in [0.3, 0.4) is 0 Å². The fourth-order valence-corrected chi connectivity index (χ4v) is 4.80. The highest BCUT2D eigenvalue weighted by Gasteiger charge is 2.24. The fraction of sp³-hybridized carbons (Fsp3) is 0.200. The van der Waals surface area contributed by atoms with Crippen molar-refractivity contribution in [3.63, 3.8) is 0 Å². The summed E-state index contributed by atoms with van der Waals surface area (Å²) in [5.74, 6) is 5.55. The number of aromatic nitrogens is 4. The third-order valence-electron chi connectivity index (χ3n) is 6.96. The molecule has 3 heterocycles. The number of fused-ring (bicyclic) bond motifs is 2. The topological polar surface area (TPSA) is 111 Å². The second-order valence-corrected chi connectivity index (χ2v) is 9.51. The number of imidazole rings is 1. The van der Waals surface area contributed by atoms with Crippen LogP contribution in [0.15, 0.2) is 61.1 Å². The molecule has 0 aliphatic rings. The summed E-state index contributed by atoms with van der Waals surface area (Å²) in [6.45, 7) is 5.56. The quantitative estimate of drug-likeness (QED) is 0.331. The van der Waals surface area contributed by atoms with Gasteiger partial charge in [0, 0.05) is 54.9 Å². The molecule has 9 heteroatoms. The zero-order valence-electron chi connectivity index (χ0n) is 22.5. The van der Waals surface area contributed by atoms with Crippen LogP contribution < -0.4 is 11.1 Å². The van der Waals surface area contributed by atoms with E-state index in [-0.39, 0.29) is 11.8 Å². The highest BCUT2D eigenvalue weighted by Crippen LogP contribution is 2.32. The van der Waals surface area contributed by atoms with Gasteiger partial charge in [-0.05, 0) is 56.5 Å². The number of nitrogens with zero attached hydrogens (tertiary/aromatic N) is 5. The molecule has 3 aromatic heterocycles. The van der Waals surface area contributed by atoms with E-state index in [0.717, 1.165) is 10.9 Å². The van der Waals surface area contributed by atoms with Crippen molar-refractivity contribution in [1.82, 2.24) is 23.8 Å². The molecule has 0 saturated heterocycles. The first-order valence-corrected chi connectivity index (χ1v) is 12.5. The number of anilines is 2. The molecule has 0 aliphatic carbocycles. The summed E-state index contributed by atoms with van der Waals surface area (Å²) in [6.07, 6.45) is 5.41. The molecule has 0 spiro atoms. The molecule has 0 bridgehead atoms. The van der Waals surface area contributed by atoms with E-state index in [2.05, 4.69) is 35.3 Å². The number of nitrogens with two attached hydrogens (primary N) is 1. The Hall–Kier alpha value is -5.10. The molecule has 39 heavy (non-hydrogen) atoms. The SMILES string of the molecule is CC#CC(=O)N(C)[C@@H](C)c1nc(-c2cccc(C(=O)Nc3ccc4c(C)cn(C)c4c3)c2)c2c(N)nccn12. The minimum absolute atomic E-state index is 0.242. The van der Waals surface area contributed by atoms with Gasteiger partial charge < -0.3 is 20.5 Å². The first-order chi connectivity index (χ1) is 18.7. The smallest absolute Gasteiger partial charge is 0.298 e. The lowest BCUT2D eigenvalue weighted by molar-refractivity contribution is -0.125. The number of hydrogen-bond acceptors (Lipinski definition) is 5. The monoisotopic (exact) mass is 519 g/mol. The first-order valence-electron chi connectivity index (χ1n) is 12.5. The number of benzene rings is 2. The summed E-state index contributed by atoms with van der Waals surface area (Å²) in [4.78, 5) is 36.4. The first kappa shape index (κ1) is 25.5. The number of rotatable bonds is 5. The molecular formula is C30H29N7O2. The third-order valence-corrected chi connectivity index (χ3v) is 6.96. The predicted octanol–water partition coefficient (Wildman–Crippen LogP) is 4.57. The van der Waals surface area contributed by atoms with Crippen molar-refractivity contribution in [3.05, 3.63) is 78.0 Å². The lowest BCUT2D eigenvalue weighted by Gasteiger charge is -2.21. The summed E-state index contributed by atoms with van der Waals surface area (Å²) in [6, 6.07) is 12.7. The Labute approximate surface area is 226 Å². The van der Waals surface area contributed by atoms with E-state index < -0.39 is 6.04 Å². The molecule has 0 fully saturated rings. The van der Waals surface area contributed by atoms with Gasteiger partial charge in [-0.2, -0.15) is 0 Å². The lowest BCUT2D eigenvalue weighted by Crippen LogP contribution is -2.29. The van der Waals surface area contributed by atoms with Crippen LogP contribution in [0.25, 0.3) is 27.7 Å². The Bertz CT molecular complexity index is 1820. The molecule has 2 amide bonds. The van der Waals surface area contributed by atoms with Gasteiger partial charge in [-0.3, -0.25) is 14.0 Å². The van der Waals surface area contributed by atoms with E-state index >= 15 is 0 Å². The minimum Gasteiger partial charge on any atom is -0.382 e. The van der Waals surface area contributed by atoms with Crippen LogP contribution in [0.4, 0.5) is 11.5 Å². The maximum atomic E-state index is 13.3. The van der Waals surface area contributed by atoms with Crippen LogP contribution in [-0.4, -0.2) is 42.7 Å². The van der Waals surface area contributed by atoms with E-state index in [1.54, 1.807) is 44.6 Å². The van der Waals surface area contributed by atoms with E-state index in [0.29, 0.717) is 39.7 Å². The van der Waals surface area contributed by atoms with Gasteiger partial charge in [-0.25, -0.2) is 9.97 Å². The maximum Gasteiger partial charge on any atom is 0.298 e. The second-order valence-electron chi connectivity index (χ2n) is 9.51. The summed E-state index contributed by atoms with van der Waals surface area (Å²) < 4.78 is 3.87. The van der Waals surface area contributed by atoms with E-state index in [9.17, 15) is 9.59 Å². The summed E-state index contributed by atoms with van der Waals surface area (Å²) in [5.41, 5.74) is 11.6. The molecule has 5 aromatic rings. The molecule has 2 aromatic carbocycles. The molecule has 0 aliphatic heterocycles. The minimum atomic E-state index is -0.399. The molecule has 9 nitrogen and oxygen atoms in total. The Morgan fingerprint density at radius 2 is 1.97 bits per heavy atom. The molecule has 0 unspecified atom stereocenters. The van der Waals surface area contributed by atoms with Gasteiger partial charge in [0.25, 0.3) is 11.8 Å². The number of hydrogen-bond donors (Lipinski definition) is 2. The van der Waals surface area contributed by atoms with Gasteiger partial charge in [0.2, 0.25) is 0 Å². The van der Waals surface area contributed by atoms with Gasteiger partial charge in [0.1, 0.15) is 22.9 Å².